The maximum Gasteiger partial charge on any atom is 0.344 e. The number of aromatic nitrogens is 1. The SMILES string of the molecule is Cc1noc(C)c1C(=O)OCC(=O)c1ccc(Br)cc1. The van der Waals surface area contributed by atoms with E-state index in [0.29, 0.717) is 17.0 Å². The number of rotatable bonds is 4. The number of esters is 1. The van der Waals surface area contributed by atoms with Gasteiger partial charge < -0.3 is 9.26 Å². The van der Waals surface area contributed by atoms with Gasteiger partial charge in [0, 0.05) is 10.0 Å². The molecule has 0 aliphatic carbocycles. The summed E-state index contributed by atoms with van der Waals surface area (Å²) < 4.78 is 10.8. The van der Waals surface area contributed by atoms with Gasteiger partial charge in [0.1, 0.15) is 11.3 Å². The number of Topliss-reactive ketones (excluding diaryl/α,β-unsaturated/α-hetero) is 1. The highest BCUT2D eigenvalue weighted by atomic mass is 79.9. The minimum absolute atomic E-state index is 0.266. The molecule has 1 aromatic carbocycles. The van der Waals surface area contributed by atoms with Crippen molar-refractivity contribution in [3.05, 3.63) is 51.3 Å². The third kappa shape index (κ3) is 3.14. The van der Waals surface area contributed by atoms with Gasteiger partial charge in [0.05, 0.1) is 5.69 Å². The second-order valence-electron chi connectivity index (χ2n) is 4.21. The number of halogens is 1. The first-order valence-corrected chi connectivity index (χ1v) is 6.67. The molecule has 104 valence electrons. The number of aryl methyl sites for hydroxylation is 2. The van der Waals surface area contributed by atoms with Gasteiger partial charge in [-0.15, -0.1) is 0 Å². The number of ether oxygens (including phenoxy) is 1. The lowest BCUT2D eigenvalue weighted by Gasteiger charge is -2.04. The molecule has 0 N–H and O–H groups in total. The minimum Gasteiger partial charge on any atom is -0.454 e. The van der Waals surface area contributed by atoms with Crippen LogP contribution in [0, 0.1) is 13.8 Å². The summed E-state index contributed by atoms with van der Waals surface area (Å²) in [6.07, 6.45) is 0. The van der Waals surface area contributed by atoms with Crippen LogP contribution < -0.4 is 0 Å². The molecule has 6 heteroatoms. The van der Waals surface area contributed by atoms with E-state index in [9.17, 15) is 9.59 Å². The van der Waals surface area contributed by atoms with E-state index >= 15 is 0 Å². The first kappa shape index (κ1) is 14.5. The first-order chi connectivity index (χ1) is 9.49. The molecule has 2 aromatic rings. The smallest absolute Gasteiger partial charge is 0.344 e. The van der Waals surface area contributed by atoms with E-state index < -0.39 is 5.97 Å². The van der Waals surface area contributed by atoms with E-state index in [2.05, 4.69) is 21.1 Å². The van der Waals surface area contributed by atoms with Crippen LogP contribution in [0.1, 0.15) is 32.2 Å². The Balaban J connectivity index is 2.00. The normalized spacial score (nSPS) is 10.3. The Kier molecular flexibility index (Phi) is 4.34. The highest BCUT2D eigenvalue weighted by molar-refractivity contribution is 9.10. The van der Waals surface area contributed by atoms with Gasteiger partial charge in [-0.25, -0.2) is 4.79 Å². The van der Waals surface area contributed by atoms with Crippen molar-refractivity contribution >= 4 is 27.7 Å². The zero-order chi connectivity index (χ0) is 14.7. The van der Waals surface area contributed by atoms with Crippen molar-refractivity contribution in [1.29, 1.82) is 0 Å². The van der Waals surface area contributed by atoms with Crippen molar-refractivity contribution in [3.63, 3.8) is 0 Å². The molecular formula is C14H12BrNO4. The van der Waals surface area contributed by atoms with E-state index in [0.717, 1.165) is 4.47 Å². The van der Waals surface area contributed by atoms with Gasteiger partial charge in [-0.1, -0.05) is 33.2 Å². The van der Waals surface area contributed by atoms with Crippen LogP contribution in [0.5, 0.6) is 0 Å². The molecule has 0 radical (unpaired) electrons. The fraction of sp³-hybridized carbons (Fsp3) is 0.214. The predicted octanol–water partition coefficient (Wildman–Crippen LogP) is 3.09. The number of carbonyl (C=O) groups excluding carboxylic acids is 2. The van der Waals surface area contributed by atoms with E-state index in [1.165, 1.54) is 0 Å². The first-order valence-electron chi connectivity index (χ1n) is 5.88. The topological polar surface area (TPSA) is 69.4 Å². The molecule has 0 atom stereocenters. The monoisotopic (exact) mass is 337 g/mol. The number of nitrogens with zero attached hydrogens (tertiary/aromatic N) is 1. The zero-order valence-electron chi connectivity index (χ0n) is 11.0. The second kappa shape index (κ2) is 6.00. The molecule has 0 saturated carbocycles. The summed E-state index contributed by atoms with van der Waals surface area (Å²) in [5.74, 6) is -0.493. The maximum atomic E-state index is 11.9. The molecule has 0 spiro atoms. The van der Waals surface area contributed by atoms with E-state index in [1.54, 1.807) is 38.1 Å². The van der Waals surface area contributed by atoms with Crippen LogP contribution in [0.25, 0.3) is 0 Å². The predicted molar refractivity (Wildman–Crippen MR) is 74.7 cm³/mol. The van der Waals surface area contributed by atoms with Gasteiger partial charge in [-0.3, -0.25) is 4.79 Å². The van der Waals surface area contributed by atoms with Crippen LogP contribution in [-0.4, -0.2) is 23.5 Å². The number of ketones is 1. The van der Waals surface area contributed by atoms with E-state index in [4.69, 9.17) is 9.26 Å². The average molecular weight is 338 g/mol. The summed E-state index contributed by atoms with van der Waals surface area (Å²) in [5.41, 5.74) is 1.21. The lowest BCUT2D eigenvalue weighted by molar-refractivity contribution is 0.0472. The van der Waals surface area contributed by atoms with Crippen molar-refractivity contribution in [2.75, 3.05) is 6.61 Å². The number of carbonyl (C=O) groups is 2. The van der Waals surface area contributed by atoms with Crippen LogP contribution >= 0.6 is 15.9 Å². The summed E-state index contributed by atoms with van der Waals surface area (Å²) in [5, 5.41) is 3.67. The Morgan fingerprint density at radius 1 is 1.25 bits per heavy atom. The molecule has 0 saturated heterocycles. The van der Waals surface area contributed by atoms with Crippen molar-refractivity contribution in [2.45, 2.75) is 13.8 Å². The highest BCUT2D eigenvalue weighted by Crippen LogP contribution is 2.14. The lowest BCUT2D eigenvalue weighted by Crippen LogP contribution is -2.15. The van der Waals surface area contributed by atoms with Crippen LogP contribution in [0.2, 0.25) is 0 Å². The van der Waals surface area contributed by atoms with Crippen LogP contribution in [-0.2, 0) is 4.74 Å². The van der Waals surface area contributed by atoms with Gasteiger partial charge >= 0.3 is 5.97 Å². The van der Waals surface area contributed by atoms with Gasteiger partial charge in [-0.05, 0) is 26.0 Å². The second-order valence-corrected chi connectivity index (χ2v) is 5.12. The van der Waals surface area contributed by atoms with E-state index in [1.807, 2.05) is 0 Å². The molecular weight excluding hydrogens is 326 g/mol. The fourth-order valence-corrected chi connectivity index (χ4v) is 1.96. The third-order valence-electron chi connectivity index (χ3n) is 2.74. The summed E-state index contributed by atoms with van der Waals surface area (Å²) in [4.78, 5) is 23.7. The molecule has 1 heterocycles. The molecule has 0 fully saturated rings. The van der Waals surface area contributed by atoms with Crippen molar-refractivity contribution in [3.8, 4) is 0 Å². The molecule has 0 unspecified atom stereocenters. The van der Waals surface area contributed by atoms with Crippen molar-refractivity contribution in [1.82, 2.24) is 5.16 Å². The number of hydrogen-bond acceptors (Lipinski definition) is 5. The molecule has 1 aromatic heterocycles. The van der Waals surface area contributed by atoms with Crippen LogP contribution in [0.3, 0.4) is 0 Å². The quantitative estimate of drug-likeness (QED) is 0.633. The maximum absolute atomic E-state index is 11.9. The fourth-order valence-electron chi connectivity index (χ4n) is 1.70. The van der Waals surface area contributed by atoms with Gasteiger partial charge in [0.25, 0.3) is 0 Å². The van der Waals surface area contributed by atoms with Crippen LogP contribution in [0.4, 0.5) is 0 Å². The van der Waals surface area contributed by atoms with Gasteiger partial charge in [-0.2, -0.15) is 0 Å². The Labute approximate surface area is 124 Å². The summed E-state index contributed by atoms with van der Waals surface area (Å²) in [6.45, 7) is 2.95. The zero-order valence-corrected chi connectivity index (χ0v) is 12.6. The number of hydrogen-bond donors (Lipinski definition) is 0. The summed E-state index contributed by atoms with van der Waals surface area (Å²) in [7, 11) is 0. The molecule has 0 aliphatic rings. The summed E-state index contributed by atoms with van der Waals surface area (Å²) >= 11 is 3.28. The van der Waals surface area contributed by atoms with Gasteiger partial charge in [0.15, 0.2) is 12.4 Å². The minimum atomic E-state index is -0.605. The standard InChI is InChI=1S/C14H12BrNO4/c1-8-13(9(2)20-16-8)14(18)19-7-12(17)10-3-5-11(15)6-4-10/h3-6H,7H2,1-2H3. The Bertz CT molecular complexity index is 626. The average Bonchev–Trinajstić information content (AvgIpc) is 2.76. The highest BCUT2D eigenvalue weighted by Gasteiger charge is 2.20. The molecule has 5 nitrogen and oxygen atoms in total. The molecule has 2 rings (SSSR count). The Hall–Kier alpha value is -1.95. The third-order valence-corrected chi connectivity index (χ3v) is 3.27. The Morgan fingerprint density at radius 2 is 1.90 bits per heavy atom. The lowest BCUT2D eigenvalue weighted by atomic mass is 10.1. The molecule has 0 aliphatic heterocycles. The molecule has 0 bridgehead atoms. The Morgan fingerprint density at radius 3 is 2.45 bits per heavy atom. The van der Waals surface area contributed by atoms with E-state index in [-0.39, 0.29) is 18.0 Å². The molecule has 0 amide bonds. The molecule has 20 heavy (non-hydrogen) atoms. The van der Waals surface area contributed by atoms with Crippen molar-refractivity contribution < 1.29 is 18.8 Å². The van der Waals surface area contributed by atoms with Crippen molar-refractivity contribution in [2.24, 2.45) is 0 Å². The van der Waals surface area contributed by atoms with Crippen LogP contribution in [0.15, 0.2) is 33.3 Å². The summed E-state index contributed by atoms with van der Waals surface area (Å²) in [6, 6.07) is 6.83. The number of benzene rings is 1. The van der Waals surface area contributed by atoms with Gasteiger partial charge in [0.2, 0.25) is 0 Å². The largest absolute Gasteiger partial charge is 0.454 e.